The molecule has 1 N–H and O–H groups in total. The van der Waals surface area contributed by atoms with E-state index in [9.17, 15) is 21.6 Å². The molecule has 0 bridgehead atoms. The zero-order valence-electron chi connectivity index (χ0n) is 13.3. The Morgan fingerprint density at radius 1 is 1.25 bits per heavy atom. The minimum atomic E-state index is -4.95. The number of alkyl halides is 3. The molecule has 1 fully saturated rings. The Labute approximate surface area is 139 Å². The molecule has 2 rings (SSSR count). The molecule has 0 spiro atoms. The number of halogens is 3. The fraction of sp³-hybridized carbons (Fsp3) is 0.600. The summed E-state index contributed by atoms with van der Waals surface area (Å²) in [5, 5.41) is 3.15. The zero-order chi connectivity index (χ0) is 17.8. The van der Waals surface area contributed by atoms with Gasteiger partial charge >= 0.3 is 6.36 Å². The number of benzene rings is 1. The molecule has 0 atom stereocenters. The molecule has 0 saturated carbocycles. The van der Waals surface area contributed by atoms with Crippen molar-refractivity contribution in [1.82, 2.24) is 9.62 Å². The van der Waals surface area contributed by atoms with E-state index in [-0.39, 0.29) is 12.6 Å². The molecule has 1 aromatic carbocycles. The summed E-state index contributed by atoms with van der Waals surface area (Å²) < 4.78 is 68.9. The van der Waals surface area contributed by atoms with E-state index in [1.54, 1.807) is 0 Å². The number of sulfonamides is 1. The summed E-state index contributed by atoms with van der Waals surface area (Å²) in [6.07, 6.45) is -3.12. The smallest absolute Gasteiger partial charge is 0.404 e. The molecule has 24 heavy (non-hydrogen) atoms. The van der Waals surface area contributed by atoms with Crippen molar-refractivity contribution in [2.75, 3.05) is 19.6 Å². The second-order valence-electron chi connectivity index (χ2n) is 5.59. The molecule has 5 nitrogen and oxygen atoms in total. The molecule has 1 heterocycles. The Morgan fingerprint density at radius 2 is 1.88 bits per heavy atom. The highest BCUT2D eigenvalue weighted by molar-refractivity contribution is 7.89. The van der Waals surface area contributed by atoms with E-state index in [2.05, 4.69) is 10.1 Å². The maximum absolute atomic E-state index is 13.0. The Morgan fingerprint density at radius 3 is 2.46 bits per heavy atom. The molecule has 136 valence electrons. The van der Waals surface area contributed by atoms with Crippen molar-refractivity contribution >= 4 is 10.0 Å². The summed E-state index contributed by atoms with van der Waals surface area (Å²) in [4.78, 5) is -0.450. The van der Waals surface area contributed by atoms with Gasteiger partial charge in [0, 0.05) is 12.6 Å². The van der Waals surface area contributed by atoms with Crippen LogP contribution in [0.2, 0.25) is 0 Å². The monoisotopic (exact) mass is 366 g/mol. The number of rotatable bonds is 6. The highest BCUT2D eigenvalue weighted by atomic mass is 32.2. The minimum absolute atomic E-state index is 0.227. The van der Waals surface area contributed by atoms with E-state index in [0.717, 1.165) is 12.1 Å². The van der Waals surface area contributed by atoms with Crippen LogP contribution in [0.5, 0.6) is 5.75 Å². The van der Waals surface area contributed by atoms with E-state index >= 15 is 0 Å². The standard InChI is InChI=1S/C15H21F3N2O3S/c1-2-11-20(12-7-9-19-10-8-12)24(21,22)14-6-4-3-5-13(14)23-15(16,17)18/h3-6,12,19H,2,7-11H2,1H3. The molecule has 0 radical (unpaired) electrons. The number of hydrogen-bond donors (Lipinski definition) is 1. The molecular weight excluding hydrogens is 345 g/mol. The van der Waals surface area contributed by atoms with Crippen molar-refractivity contribution in [1.29, 1.82) is 0 Å². The maximum atomic E-state index is 13.0. The van der Waals surface area contributed by atoms with Crippen LogP contribution in [-0.2, 0) is 10.0 Å². The van der Waals surface area contributed by atoms with Crippen molar-refractivity contribution in [3.63, 3.8) is 0 Å². The molecule has 9 heteroatoms. The lowest BCUT2D eigenvalue weighted by molar-refractivity contribution is -0.275. The molecule has 1 saturated heterocycles. The second-order valence-corrected chi connectivity index (χ2v) is 7.45. The second kappa shape index (κ2) is 7.71. The first kappa shape index (κ1) is 19.0. The van der Waals surface area contributed by atoms with Gasteiger partial charge in [0.1, 0.15) is 10.6 Å². The fourth-order valence-corrected chi connectivity index (χ4v) is 4.71. The number of hydrogen-bond acceptors (Lipinski definition) is 4. The average Bonchev–Trinajstić information content (AvgIpc) is 2.52. The Balaban J connectivity index is 2.39. The number of piperidine rings is 1. The third-order valence-corrected chi connectivity index (χ3v) is 5.81. The first-order valence-electron chi connectivity index (χ1n) is 7.83. The van der Waals surface area contributed by atoms with Crippen LogP contribution in [-0.4, -0.2) is 44.8 Å². The van der Waals surface area contributed by atoms with Crippen LogP contribution in [0.15, 0.2) is 29.2 Å². The summed E-state index contributed by atoms with van der Waals surface area (Å²) in [5.41, 5.74) is 0. The SMILES string of the molecule is CCCN(C1CCNCC1)S(=O)(=O)c1ccccc1OC(F)(F)F. The normalized spacial score (nSPS) is 17.2. The van der Waals surface area contributed by atoms with Crippen LogP contribution in [0.1, 0.15) is 26.2 Å². The predicted octanol–water partition coefficient (Wildman–Crippen LogP) is 2.74. The van der Waals surface area contributed by atoms with Gasteiger partial charge in [-0.3, -0.25) is 0 Å². The quantitative estimate of drug-likeness (QED) is 0.841. The van der Waals surface area contributed by atoms with E-state index < -0.39 is 27.0 Å². The number of nitrogens with zero attached hydrogens (tertiary/aromatic N) is 1. The molecule has 1 aromatic rings. The van der Waals surface area contributed by atoms with Gasteiger partial charge in [-0.1, -0.05) is 19.1 Å². The number of nitrogens with one attached hydrogen (secondary N) is 1. The summed E-state index contributed by atoms with van der Waals surface area (Å²) >= 11 is 0. The van der Waals surface area contributed by atoms with Gasteiger partial charge in [0.15, 0.2) is 0 Å². The highest BCUT2D eigenvalue weighted by Gasteiger charge is 2.37. The van der Waals surface area contributed by atoms with E-state index in [0.29, 0.717) is 32.4 Å². The van der Waals surface area contributed by atoms with Crippen LogP contribution in [0.4, 0.5) is 13.2 Å². The van der Waals surface area contributed by atoms with Gasteiger partial charge in [0.25, 0.3) is 0 Å². The van der Waals surface area contributed by atoms with Gasteiger partial charge in [-0.15, -0.1) is 13.2 Å². The Bertz CT molecular complexity index is 644. The lowest BCUT2D eigenvalue weighted by atomic mass is 10.1. The first-order valence-corrected chi connectivity index (χ1v) is 9.27. The zero-order valence-corrected chi connectivity index (χ0v) is 14.2. The average molecular weight is 366 g/mol. The van der Waals surface area contributed by atoms with Gasteiger partial charge in [-0.2, -0.15) is 4.31 Å². The van der Waals surface area contributed by atoms with Crippen molar-refractivity contribution in [3.8, 4) is 5.75 Å². The fourth-order valence-electron chi connectivity index (χ4n) is 2.81. The van der Waals surface area contributed by atoms with Crippen LogP contribution < -0.4 is 10.1 Å². The highest BCUT2D eigenvalue weighted by Crippen LogP contribution is 2.33. The molecule has 0 unspecified atom stereocenters. The lowest BCUT2D eigenvalue weighted by Crippen LogP contribution is -2.46. The minimum Gasteiger partial charge on any atom is -0.404 e. The molecule has 1 aliphatic rings. The van der Waals surface area contributed by atoms with Crippen LogP contribution in [0.25, 0.3) is 0 Å². The maximum Gasteiger partial charge on any atom is 0.573 e. The van der Waals surface area contributed by atoms with E-state index in [4.69, 9.17) is 0 Å². The molecule has 0 amide bonds. The van der Waals surface area contributed by atoms with E-state index in [1.165, 1.54) is 16.4 Å². The summed E-state index contributed by atoms with van der Waals surface area (Å²) in [6.45, 7) is 3.46. The van der Waals surface area contributed by atoms with Crippen LogP contribution in [0, 0.1) is 0 Å². The van der Waals surface area contributed by atoms with Crippen LogP contribution in [0.3, 0.4) is 0 Å². The van der Waals surface area contributed by atoms with Gasteiger partial charge in [0.2, 0.25) is 10.0 Å². The predicted molar refractivity (Wildman–Crippen MR) is 83.2 cm³/mol. The van der Waals surface area contributed by atoms with Crippen molar-refractivity contribution in [3.05, 3.63) is 24.3 Å². The first-order chi connectivity index (χ1) is 11.3. The Kier molecular flexibility index (Phi) is 6.11. The van der Waals surface area contributed by atoms with Gasteiger partial charge in [-0.05, 0) is 44.5 Å². The summed E-state index contributed by atoms with van der Waals surface area (Å²) in [6, 6.07) is 4.65. The van der Waals surface area contributed by atoms with Crippen LogP contribution >= 0.6 is 0 Å². The number of para-hydroxylation sites is 1. The molecular formula is C15H21F3N2O3S. The Hall–Kier alpha value is -1.32. The van der Waals surface area contributed by atoms with Crippen molar-refractivity contribution in [2.24, 2.45) is 0 Å². The molecule has 0 aliphatic carbocycles. The third kappa shape index (κ3) is 4.61. The summed E-state index contributed by atoms with van der Waals surface area (Å²) in [5.74, 6) is -0.694. The topological polar surface area (TPSA) is 58.6 Å². The number of ether oxygens (including phenoxy) is 1. The van der Waals surface area contributed by atoms with Gasteiger partial charge in [0.05, 0.1) is 0 Å². The third-order valence-electron chi connectivity index (χ3n) is 3.82. The van der Waals surface area contributed by atoms with Crippen molar-refractivity contribution in [2.45, 2.75) is 43.5 Å². The van der Waals surface area contributed by atoms with Gasteiger partial charge < -0.3 is 10.1 Å². The largest absolute Gasteiger partial charge is 0.573 e. The summed E-state index contributed by atoms with van der Waals surface area (Å²) in [7, 11) is -4.09. The van der Waals surface area contributed by atoms with Gasteiger partial charge in [-0.25, -0.2) is 8.42 Å². The molecule has 0 aromatic heterocycles. The lowest BCUT2D eigenvalue weighted by Gasteiger charge is -2.33. The van der Waals surface area contributed by atoms with E-state index in [1.807, 2.05) is 6.92 Å². The van der Waals surface area contributed by atoms with Crippen molar-refractivity contribution < 1.29 is 26.3 Å². The molecule has 1 aliphatic heterocycles.